The summed E-state index contributed by atoms with van der Waals surface area (Å²) in [4.78, 5) is 33.8. The van der Waals surface area contributed by atoms with Crippen molar-refractivity contribution < 1.29 is 19.1 Å². The maximum atomic E-state index is 11.9. The molecule has 1 N–H and O–H groups in total. The van der Waals surface area contributed by atoms with E-state index in [4.69, 9.17) is 9.47 Å². The highest BCUT2D eigenvalue weighted by Crippen LogP contribution is 2.25. The molecule has 7 nitrogen and oxygen atoms in total. The number of esters is 1. The van der Waals surface area contributed by atoms with Gasteiger partial charge in [0.25, 0.3) is 0 Å². The fourth-order valence-electron chi connectivity index (χ4n) is 2.13. The highest BCUT2D eigenvalue weighted by atomic mass is 16.6. The van der Waals surface area contributed by atoms with E-state index in [9.17, 15) is 14.5 Å². The summed E-state index contributed by atoms with van der Waals surface area (Å²) in [6.07, 6.45) is 0.410. The van der Waals surface area contributed by atoms with Gasteiger partial charge in [0.15, 0.2) is 0 Å². The summed E-state index contributed by atoms with van der Waals surface area (Å²) in [5.41, 5.74) is 0.0789. The number of amides is 1. The highest BCUT2D eigenvalue weighted by molar-refractivity contribution is 5.89. The predicted molar refractivity (Wildman–Crippen MR) is 83.5 cm³/mol. The third-order valence-corrected chi connectivity index (χ3v) is 3.30. The topological polar surface area (TPSA) is 94.1 Å². The number of alkyl carbamates (subject to hydrolysis) is 1. The first-order chi connectivity index (χ1) is 10.8. The van der Waals surface area contributed by atoms with Crippen molar-refractivity contribution in [1.82, 2.24) is 5.32 Å². The summed E-state index contributed by atoms with van der Waals surface area (Å²) < 4.78 is 10.5. The van der Waals surface area contributed by atoms with E-state index < -0.39 is 17.7 Å². The zero-order valence-electron chi connectivity index (χ0n) is 13.4. The number of nitroso groups, excluding NO2 is 1. The molecule has 1 amide bonds. The minimum absolute atomic E-state index is 0.0516. The van der Waals surface area contributed by atoms with E-state index in [0.29, 0.717) is 18.4 Å². The van der Waals surface area contributed by atoms with Crippen LogP contribution in [0.15, 0.2) is 29.4 Å². The lowest BCUT2D eigenvalue weighted by molar-refractivity contribution is -0.00487. The lowest BCUT2D eigenvalue weighted by Crippen LogP contribution is -2.49. The largest absolute Gasteiger partial charge is 0.459 e. The molecule has 0 atom stereocenters. The molecule has 1 aliphatic carbocycles. The number of hydrogen-bond acceptors (Lipinski definition) is 6. The van der Waals surface area contributed by atoms with Crippen LogP contribution >= 0.6 is 0 Å². The molecule has 1 aromatic rings. The van der Waals surface area contributed by atoms with Gasteiger partial charge in [-0.3, -0.25) is 0 Å². The molecule has 1 aromatic carbocycles. The second-order valence-electron chi connectivity index (χ2n) is 6.48. The van der Waals surface area contributed by atoms with Gasteiger partial charge in [-0.2, -0.15) is 0 Å². The van der Waals surface area contributed by atoms with Gasteiger partial charge in [-0.05, 0) is 50.2 Å². The van der Waals surface area contributed by atoms with Crippen molar-refractivity contribution in [3.05, 3.63) is 34.7 Å². The molecule has 0 radical (unpaired) electrons. The Hall–Kier alpha value is -2.44. The van der Waals surface area contributed by atoms with Gasteiger partial charge in [0, 0.05) is 18.9 Å². The minimum Gasteiger partial charge on any atom is -0.459 e. The number of carbonyl (C=O) groups excluding carboxylic acids is 2. The molecule has 0 spiro atoms. The van der Waals surface area contributed by atoms with E-state index >= 15 is 0 Å². The Bertz CT molecular complexity index is 585. The van der Waals surface area contributed by atoms with Crippen molar-refractivity contribution in [2.45, 2.75) is 51.4 Å². The molecule has 0 unspecified atom stereocenters. The molecule has 1 saturated carbocycles. The molecule has 0 aromatic heterocycles. The normalized spacial score (nSPS) is 20.1. The molecule has 0 heterocycles. The van der Waals surface area contributed by atoms with Crippen LogP contribution in [0.5, 0.6) is 0 Å². The molecule has 1 aliphatic rings. The van der Waals surface area contributed by atoms with Gasteiger partial charge >= 0.3 is 12.1 Å². The monoisotopic (exact) mass is 320 g/mol. The average molecular weight is 320 g/mol. The van der Waals surface area contributed by atoms with Crippen LogP contribution in [0, 0.1) is 4.91 Å². The zero-order chi connectivity index (χ0) is 17.0. The summed E-state index contributed by atoms with van der Waals surface area (Å²) in [5.74, 6) is -0.455. The van der Waals surface area contributed by atoms with Crippen LogP contribution in [0.25, 0.3) is 0 Å². The Morgan fingerprint density at radius 2 is 1.78 bits per heavy atom. The Labute approximate surface area is 134 Å². The number of benzene rings is 1. The first-order valence-electron chi connectivity index (χ1n) is 7.41. The lowest BCUT2D eigenvalue weighted by atomic mass is 9.89. The quantitative estimate of drug-likeness (QED) is 0.678. The van der Waals surface area contributed by atoms with Gasteiger partial charge in [-0.25, -0.2) is 9.59 Å². The van der Waals surface area contributed by atoms with Gasteiger partial charge in [0.05, 0.1) is 5.56 Å². The number of ether oxygens (including phenoxy) is 2. The summed E-state index contributed by atoms with van der Waals surface area (Å²) in [6, 6.07) is 5.85. The molecule has 1 fully saturated rings. The number of nitrogens with zero attached hydrogens (tertiary/aromatic N) is 1. The third kappa shape index (κ3) is 5.05. The van der Waals surface area contributed by atoms with Crippen molar-refractivity contribution in [3.8, 4) is 0 Å². The van der Waals surface area contributed by atoms with Crippen molar-refractivity contribution in [3.63, 3.8) is 0 Å². The first-order valence-corrected chi connectivity index (χ1v) is 7.41. The Morgan fingerprint density at radius 3 is 2.30 bits per heavy atom. The number of nitrogens with one attached hydrogen (secondary N) is 1. The summed E-state index contributed by atoms with van der Waals surface area (Å²) >= 11 is 0. The summed E-state index contributed by atoms with van der Waals surface area (Å²) in [5, 5.41) is 5.50. The molecule has 0 aliphatic heterocycles. The van der Waals surface area contributed by atoms with Crippen LogP contribution in [0.3, 0.4) is 0 Å². The number of carbonyl (C=O) groups is 2. The lowest BCUT2D eigenvalue weighted by Gasteiger charge is -2.35. The Morgan fingerprint density at radius 1 is 1.17 bits per heavy atom. The predicted octanol–water partition coefficient (Wildman–Crippen LogP) is 3.30. The van der Waals surface area contributed by atoms with Crippen LogP contribution in [0.2, 0.25) is 0 Å². The third-order valence-electron chi connectivity index (χ3n) is 3.30. The van der Waals surface area contributed by atoms with Gasteiger partial charge in [-0.15, -0.1) is 4.91 Å². The molecule has 7 heteroatoms. The van der Waals surface area contributed by atoms with E-state index in [2.05, 4.69) is 10.5 Å². The molecule has 0 saturated heterocycles. The van der Waals surface area contributed by atoms with Gasteiger partial charge < -0.3 is 14.8 Å². The van der Waals surface area contributed by atoms with E-state index in [-0.39, 0.29) is 17.8 Å². The molecule has 124 valence electrons. The minimum atomic E-state index is -0.539. The standard InChI is InChI=1S/C16H20N2O5/c1-16(2,3)23-15(20)17-12-8-13(9-12)22-14(19)10-4-6-11(18-21)7-5-10/h4-7,12-13H,8-9H2,1-3H3,(H,17,20)/t12-,13-. The van der Waals surface area contributed by atoms with E-state index in [1.165, 1.54) is 24.3 Å². The van der Waals surface area contributed by atoms with Crippen molar-refractivity contribution >= 4 is 17.7 Å². The van der Waals surface area contributed by atoms with Crippen LogP contribution in [-0.4, -0.2) is 29.8 Å². The van der Waals surface area contributed by atoms with E-state index in [1.807, 2.05) is 0 Å². The average Bonchev–Trinajstić information content (AvgIpc) is 2.43. The van der Waals surface area contributed by atoms with Gasteiger partial charge in [-0.1, -0.05) is 0 Å². The van der Waals surface area contributed by atoms with Crippen molar-refractivity contribution in [1.29, 1.82) is 0 Å². The number of hydrogen-bond donors (Lipinski definition) is 1. The van der Waals surface area contributed by atoms with Crippen molar-refractivity contribution in [2.75, 3.05) is 0 Å². The summed E-state index contributed by atoms with van der Waals surface area (Å²) in [7, 11) is 0. The van der Waals surface area contributed by atoms with Crippen LogP contribution in [-0.2, 0) is 9.47 Å². The second-order valence-corrected chi connectivity index (χ2v) is 6.48. The fourth-order valence-corrected chi connectivity index (χ4v) is 2.13. The van der Waals surface area contributed by atoms with Crippen LogP contribution in [0.4, 0.5) is 10.5 Å². The first kappa shape index (κ1) is 16.9. The molecule has 23 heavy (non-hydrogen) atoms. The SMILES string of the molecule is CC(C)(C)OC(=O)N[C@H]1C[C@H](OC(=O)c2ccc(N=O)cc2)C1. The second kappa shape index (κ2) is 6.76. The van der Waals surface area contributed by atoms with Crippen LogP contribution < -0.4 is 5.32 Å². The maximum Gasteiger partial charge on any atom is 0.407 e. The van der Waals surface area contributed by atoms with Crippen LogP contribution in [0.1, 0.15) is 44.0 Å². The molecule has 0 bridgehead atoms. The van der Waals surface area contributed by atoms with E-state index in [0.717, 1.165) is 0 Å². The maximum absolute atomic E-state index is 11.9. The fraction of sp³-hybridized carbons (Fsp3) is 0.500. The molecular weight excluding hydrogens is 300 g/mol. The smallest absolute Gasteiger partial charge is 0.407 e. The summed E-state index contributed by atoms with van der Waals surface area (Å²) in [6.45, 7) is 5.38. The van der Waals surface area contributed by atoms with Crippen molar-refractivity contribution in [2.24, 2.45) is 5.18 Å². The van der Waals surface area contributed by atoms with Gasteiger partial charge in [0.2, 0.25) is 0 Å². The highest BCUT2D eigenvalue weighted by Gasteiger charge is 2.34. The number of rotatable bonds is 4. The Kier molecular flexibility index (Phi) is 4.98. The van der Waals surface area contributed by atoms with Gasteiger partial charge in [0.1, 0.15) is 17.4 Å². The molecular formula is C16H20N2O5. The zero-order valence-corrected chi connectivity index (χ0v) is 13.4. The Balaban J connectivity index is 1.74. The molecule has 2 rings (SSSR count). The van der Waals surface area contributed by atoms with E-state index in [1.54, 1.807) is 20.8 Å².